The van der Waals surface area contributed by atoms with Gasteiger partial charge in [-0.3, -0.25) is 28.8 Å². The molecule has 0 aromatic heterocycles. The molecule has 12 bridgehead atoms. The first-order valence-corrected chi connectivity index (χ1v) is 40.4. The van der Waals surface area contributed by atoms with Crippen molar-refractivity contribution in [3.8, 4) is 0 Å². The van der Waals surface area contributed by atoms with Crippen molar-refractivity contribution >= 4 is 47.8 Å². The molecule has 14 aliphatic rings. The fourth-order valence-electron chi connectivity index (χ4n) is 19.2. The number of rotatable bonds is 21. The molecule has 14 fully saturated rings. The Hall–Kier alpha value is -5.04. The van der Waals surface area contributed by atoms with Crippen LogP contribution in [0.5, 0.6) is 0 Å². The maximum Gasteiger partial charge on any atom is 0.449 e. The number of hydrogen-bond donors (Lipinski definition) is 5. The van der Waals surface area contributed by atoms with Gasteiger partial charge in [-0.05, 0) is 276 Å². The molecule has 0 spiro atoms. The Kier molecular flexibility index (Phi) is 26.6. The third-order valence-corrected chi connectivity index (χ3v) is 28.5. The number of carbonyl (C=O) groups is 8. The molecule has 12 saturated carbocycles. The van der Waals surface area contributed by atoms with Crippen LogP contribution in [0.4, 0.5) is 35.1 Å². The molecule has 10 unspecified atom stereocenters. The highest BCUT2D eigenvalue weighted by Crippen LogP contribution is 2.73. The SMILES string of the molecule is CCC(C)(C)C(=O)OC1(C)COC(O)(C(F)(F)F)C1(F)F.CCC(C)(C)C(=O)OC12CC3CC(C(C)(C)O)(C1)CC(C(C)(C)O)(C3)C2.CCC(C)(C)C(=O)OC12CC3CC(C1)C(C)(OC(=O)COC(=O)C(C)(O)C(F)(F)F)C(C3)C2.CCC(C)(C)C(=O)OC12CC3CC(CC(O)(C3)C1)C2.CCC(C)(C)C(=O)OC1COC(=O)C1. The van der Waals surface area contributed by atoms with E-state index >= 15 is 0 Å². The lowest BCUT2D eigenvalue weighted by atomic mass is 9.37. The van der Waals surface area contributed by atoms with Gasteiger partial charge in [0, 0.05) is 29.1 Å². The summed E-state index contributed by atoms with van der Waals surface area (Å²) in [5.41, 5.74) is -15.1. The lowest BCUT2D eigenvalue weighted by molar-refractivity contribution is -0.409. The number of halogens is 8. The van der Waals surface area contributed by atoms with Gasteiger partial charge in [0.1, 0.15) is 35.1 Å². The molecule has 0 aromatic rings. The molecule has 2 heterocycles. The zero-order valence-electron chi connectivity index (χ0n) is 70.6. The molecule has 0 aromatic carbocycles. The van der Waals surface area contributed by atoms with E-state index in [1.54, 1.807) is 13.8 Å². The topological polar surface area (TPSA) is 321 Å². The first-order valence-electron chi connectivity index (χ1n) is 40.4. The van der Waals surface area contributed by atoms with Gasteiger partial charge in [0.05, 0.1) is 56.9 Å². The molecule has 12 aliphatic carbocycles. The fourth-order valence-corrected chi connectivity index (χ4v) is 19.2. The largest absolute Gasteiger partial charge is 0.462 e. The third-order valence-electron chi connectivity index (χ3n) is 28.5. The molecule has 10 atom stereocenters. The lowest BCUT2D eigenvalue weighted by Crippen LogP contribution is -2.70. The van der Waals surface area contributed by atoms with Crippen LogP contribution in [0.15, 0.2) is 0 Å². The molecular formula is C83H130F8O22. The highest BCUT2D eigenvalue weighted by Gasteiger charge is 2.83. The second-order valence-corrected chi connectivity index (χ2v) is 40.5. The summed E-state index contributed by atoms with van der Waals surface area (Å²) >= 11 is 0. The van der Waals surface area contributed by atoms with E-state index in [-0.39, 0.29) is 90.6 Å². The predicted octanol–water partition coefficient (Wildman–Crippen LogP) is 14.9. The number of cyclic esters (lactones) is 1. The number of carbonyl (C=O) groups excluding carboxylic acids is 8. The molecule has 22 nitrogen and oxygen atoms in total. The molecule has 0 radical (unpaired) electrons. The minimum absolute atomic E-state index is 0.0828. The molecule has 5 N–H and O–H groups in total. The van der Waals surface area contributed by atoms with Gasteiger partial charge in [0.15, 0.2) is 6.61 Å². The van der Waals surface area contributed by atoms with Crippen molar-refractivity contribution in [2.45, 2.75) is 381 Å². The van der Waals surface area contributed by atoms with Crippen molar-refractivity contribution in [2.75, 3.05) is 19.8 Å². The third kappa shape index (κ3) is 19.2. The Morgan fingerprint density at radius 2 is 0.867 bits per heavy atom. The highest BCUT2D eigenvalue weighted by molar-refractivity contribution is 5.83. The number of esters is 8. The van der Waals surface area contributed by atoms with Crippen molar-refractivity contribution in [3.63, 3.8) is 0 Å². The summed E-state index contributed by atoms with van der Waals surface area (Å²) in [5, 5.41) is 51.4. The Bertz CT molecular complexity index is 3450. The van der Waals surface area contributed by atoms with Crippen LogP contribution in [0.2, 0.25) is 0 Å². The number of aliphatic hydroxyl groups is 5. The van der Waals surface area contributed by atoms with E-state index in [0.717, 1.165) is 83.5 Å². The predicted molar refractivity (Wildman–Crippen MR) is 393 cm³/mol. The van der Waals surface area contributed by atoms with Gasteiger partial charge in [-0.2, -0.15) is 35.1 Å². The van der Waals surface area contributed by atoms with Gasteiger partial charge in [-0.15, -0.1) is 0 Å². The van der Waals surface area contributed by atoms with Gasteiger partial charge < -0.3 is 68.2 Å². The van der Waals surface area contributed by atoms with E-state index < -0.39 is 127 Å². The number of hydrogen-bond acceptors (Lipinski definition) is 22. The Balaban J connectivity index is 0.000000201. The molecule has 0 amide bonds. The second-order valence-electron chi connectivity index (χ2n) is 40.5. The van der Waals surface area contributed by atoms with E-state index in [0.29, 0.717) is 75.5 Å². The van der Waals surface area contributed by atoms with E-state index in [1.807, 2.05) is 111 Å². The number of ether oxygens (including phenoxy) is 9. The minimum Gasteiger partial charge on any atom is -0.462 e. The zero-order chi connectivity index (χ0) is 86.4. The Labute approximate surface area is 660 Å². The van der Waals surface area contributed by atoms with Crippen LogP contribution in [-0.2, 0) is 81.0 Å². The van der Waals surface area contributed by atoms with Crippen molar-refractivity contribution < 1.29 is 142 Å². The van der Waals surface area contributed by atoms with E-state index in [9.17, 15) is 99.0 Å². The van der Waals surface area contributed by atoms with Crippen molar-refractivity contribution in [1.82, 2.24) is 0 Å². The summed E-state index contributed by atoms with van der Waals surface area (Å²) in [7, 11) is 0. The number of alkyl halides is 8. The highest BCUT2D eigenvalue weighted by atomic mass is 19.4. The van der Waals surface area contributed by atoms with Crippen molar-refractivity contribution in [2.24, 2.45) is 73.4 Å². The van der Waals surface area contributed by atoms with Crippen LogP contribution >= 0.6 is 0 Å². The van der Waals surface area contributed by atoms with Crippen LogP contribution in [-0.4, -0.2) is 174 Å². The van der Waals surface area contributed by atoms with Crippen LogP contribution < -0.4 is 0 Å². The fraction of sp³-hybridized carbons (Fsp3) is 0.904. The lowest BCUT2D eigenvalue weighted by Gasteiger charge is -2.70. The monoisotopic (exact) mass is 1630 g/mol. The normalized spacial score (nSPS) is 35.7. The van der Waals surface area contributed by atoms with Gasteiger partial charge in [0.2, 0.25) is 5.60 Å². The van der Waals surface area contributed by atoms with Crippen LogP contribution in [0.1, 0.15) is 300 Å². The van der Waals surface area contributed by atoms with Crippen LogP contribution in [0.3, 0.4) is 0 Å². The first kappa shape index (κ1) is 95.1. The van der Waals surface area contributed by atoms with Crippen LogP contribution in [0.25, 0.3) is 0 Å². The summed E-state index contributed by atoms with van der Waals surface area (Å²) in [5.74, 6) is -12.9. The Morgan fingerprint density at radius 3 is 1.25 bits per heavy atom. The van der Waals surface area contributed by atoms with E-state index in [1.165, 1.54) is 20.3 Å². The van der Waals surface area contributed by atoms with Gasteiger partial charge in [0.25, 0.3) is 5.60 Å². The maximum absolute atomic E-state index is 14.0. The Morgan fingerprint density at radius 1 is 0.469 bits per heavy atom. The molecule has 2 aliphatic heterocycles. The summed E-state index contributed by atoms with van der Waals surface area (Å²) in [4.78, 5) is 96.3. The van der Waals surface area contributed by atoms with Crippen molar-refractivity contribution in [1.29, 1.82) is 0 Å². The maximum atomic E-state index is 14.0. The minimum atomic E-state index is -5.74. The zero-order valence-corrected chi connectivity index (χ0v) is 70.6. The molecule has 14 rings (SSSR count). The second kappa shape index (κ2) is 31.6. The average molecular weight is 1630 g/mol. The summed E-state index contributed by atoms with van der Waals surface area (Å²) in [6.07, 6.45) is 6.07. The molecular weight excluding hydrogens is 1500 g/mol. The van der Waals surface area contributed by atoms with Gasteiger partial charge in [-0.1, -0.05) is 34.6 Å². The first-order chi connectivity index (χ1) is 50.9. The average Bonchev–Trinajstić information content (AvgIpc) is 1.39. The smallest absolute Gasteiger partial charge is 0.449 e. The van der Waals surface area contributed by atoms with Crippen LogP contribution in [0, 0.1) is 73.4 Å². The van der Waals surface area contributed by atoms with Crippen molar-refractivity contribution in [3.05, 3.63) is 0 Å². The van der Waals surface area contributed by atoms with Gasteiger partial charge >= 0.3 is 71.8 Å². The van der Waals surface area contributed by atoms with Gasteiger partial charge in [-0.25, -0.2) is 9.59 Å². The summed E-state index contributed by atoms with van der Waals surface area (Å²) in [6, 6.07) is 0. The van der Waals surface area contributed by atoms with E-state index in [2.05, 4.69) is 14.2 Å². The van der Waals surface area contributed by atoms with E-state index in [4.69, 9.17) is 28.4 Å². The molecule has 113 heavy (non-hydrogen) atoms. The standard InChI is InChI=1S/C23H33F3O7.C22H38O4.C16H26O3.C12H17F5O4.C10H16O4/c1-6-19(2,3)17(28)33-22-9-13-7-14(10-22)20(4,15(8-13)11-22)32-16(27)12-31-18(29)21(5,30)23(24,25)26;1-8-17(2,3)16(23)26-22-11-15-9-20(13-22,18(4,5)24)12-21(10-15,14-22)19(6,7)25;1-4-14(2,3)13(17)19-16-8-11-5-12(9-16)7-15(18,6-11)10-16;1-5-8(2,3)7(18)21-9(4)6-20-11(19,10(9,13)14)12(15,16)17;1-4-10(2,3)9(12)14-7-5-8(11)13-6-7/h13-15,30H,6-12H2,1-5H3;15,24-25H,8-14H2,1-7H3;11-12,18H,4-10H2,1-3H3;19H,5-6H2,1-4H3;7H,4-6H2,1-3H3. The molecule has 2 saturated heterocycles. The molecule has 30 heteroatoms. The quantitative estimate of drug-likeness (QED) is 0.0405. The summed E-state index contributed by atoms with van der Waals surface area (Å²) in [6.45, 7) is 35.5. The molecule has 650 valence electrons. The summed E-state index contributed by atoms with van der Waals surface area (Å²) < 4.78 is 151.